The number of methoxy groups -OCH3 is 3. The number of likely N-dealkylation sites (tertiary alicyclic amines) is 1. The van der Waals surface area contributed by atoms with Gasteiger partial charge in [0.1, 0.15) is 22.8 Å². The van der Waals surface area contributed by atoms with Gasteiger partial charge in [-0.3, -0.25) is 4.90 Å². The van der Waals surface area contributed by atoms with Crippen LogP contribution in [-0.4, -0.2) is 70.0 Å². The Balaban J connectivity index is 1.40. The molecule has 0 spiro atoms. The van der Waals surface area contributed by atoms with E-state index >= 15 is 0 Å². The molecule has 0 radical (unpaired) electrons. The first-order valence-corrected chi connectivity index (χ1v) is 12.6. The Bertz CT molecular complexity index is 1340. The lowest BCUT2D eigenvalue weighted by molar-refractivity contribution is 0.0797. The van der Waals surface area contributed by atoms with Gasteiger partial charge < -0.3 is 29.2 Å². The number of halogens is 1. The molecule has 0 unspecified atom stereocenters. The van der Waals surface area contributed by atoms with Gasteiger partial charge in [-0.25, -0.2) is 9.97 Å². The fraction of sp³-hybridized carbons (Fsp3) is 0.375. The first-order valence-electron chi connectivity index (χ1n) is 11.4. The first-order chi connectivity index (χ1) is 17.5. The number of aromatic nitrogens is 4. The molecule has 5 rings (SSSR count). The predicted octanol–water partition coefficient (Wildman–Crippen LogP) is 4.26. The van der Waals surface area contributed by atoms with E-state index in [1.165, 1.54) is 4.88 Å². The molecule has 1 aliphatic heterocycles. The van der Waals surface area contributed by atoms with Gasteiger partial charge in [0, 0.05) is 36.6 Å². The van der Waals surface area contributed by atoms with Gasteiger partial charge in [0.25, 0.3) is 0 Å². The van der Waals surface area contributed by atoms with Crippen LogP contribution in [0.1, 0.15) is 17.7 Å². The van der Waals surface area contributed by atoms with Crippen LogP contribution in [0.15, 0.2) is 30.7 Å². The zero-order valence-electron chi connectivity index (χ0n) is 20.2. The monoisotopic (exact) mass is 530 g/mol. The maximum Gasteiger partial charge on any atom is 0.225 e. The lowest BCUT2D eigenvalue weighted by Crippen LogP contribution is -2.35. The highest BCUT2D eigenvalue weighted by Crippen LogP contribution is 2.39. The number of nitrogens with zero attached hydrogens (tertiary/aromatic N) is 5. The summed E-state index contributed by atoms with van der Waals surface area (Å²) in [6.45, 7) is 2.57. The van der Waals surface area contributed by atoms with E-state index in [9.17, 15) is 5.11 Å². The minimum absolute atomic E-state index is 0.170. The molecule has 36 heavy (non-hydrogen) atoms. The fourth-order valence-electron chi connectivity index (χ4n) is 4.28. The van der Waals surface area contributed by atoms with E-state index in [4.69, 9.17) is 25.8 Å². The minimum atomic E-state index is -0.191. The molecular formula is C24H27ClN6O4S. The van der Waals surface area contributed by atoms with E-state index in [1.54, 1.807) is 39.0 Å². The zero-order valence-corrected chi connectivity index (χ0v) is 21.8. The molecule has 0 atom stereocenters. The third-order valence-electron chi connectivity index (χ3n) is 6.13. The molecule has 4 heterocycles. The second-order valence-corrected chi connectivity index (χ2v) is 9.91. The third-order valence-corrected chi connectivity index (χ3v) is 7.31. The number of rotatable bonds is 8. The Morgan fingerprint density at radius 3 is 2.47 bits per heavy atom. The summed E-state index contributed by atoms with van der Waals surface area (Å²) in [5.41, 5.74) is 0.792. The Morgan fingerprint density at radius 2 is 1.81 bits per heavy atom. The highest BCUT2D eigenvalue weighted by Gasteiger charge is 2.20. The number of imidazole rings is 1. The molecule has 12 heteroatoms. The van der Waals surface area contributed by atoms with E-state index in [1.807, 2.05) is 22.9 Å². The topological polar surface area (TPSA) is 107 Å². The second kappa shape index (κ2) is 10.5. The number of piperidine rings is 1. The third kappa shape index (κ3) is 5.05. The van der Waals surface area contributed by atoms with Crippen LogP contribution in [0.3, 0.4) is 0 Å². The van der Waals surface area contributed by atoms with Crippen LogP contribution in [0.5, 0.6) is 17.2 Å². The molecular weight excluding hydrogens is 504 g/mol. The summed E-state index contributed by atoms with van der Waals surface area (Å²) >= 11 is 7.84. The van der Waals surface area contributed by atoms with Crippen molar-refractivity contribution in [2.75, 3.05) is 39.7 Å². The summed E-state index contributed by atoms with van der Waals surface area (Å²) in [6, 6.07) is 5.79. The molecule has 0 saturated carbocycles. The number of thiophene rings is 1. The van der Waals surface area contributed by atoms with Crippen molar-refractivity contribution in [1.82, 2.24) is 24.4 Å². The lowest BCUT2D eigenvalue weighted by atomic mass is 10.1. The van der Waals surface area contributed by atoms with Crippen molar-refractivity contribution < 1.29 is 19.3 Å². The van der Waals surface area contributed by atoms with Gasteiger partial charge >= 0.3 is 0 Å². The number of hydrogen-bond donors (Lipinski definition) is 2. The van der Waals surface area contributed by atoms with Crippen molar-refractivity contribution in [2.45, 2.75) is 25.5 Å². The number of benzene rings is 1. The highest BCUT2D eigenvalue weighted by atomic mass is 35.5. The van der Waals surface area contributed by atoms with Crippen LogP contribution in [0.2, 0.25) is 5.28 Å². The number of nitrogens with one attached hydrogen (secondary N) is 1. The Kier molecular flexibility index (Phi) is 7.15. The predicted molar refractivity (Wildman–Crippen MR) is 139 cm³/mol. The summed E-state index contributed by atoms with van der Waals surface area (Å²) in [5, 5.41) is 14.1. The molecule has 2 N–H and O–H groups in total. The van der Waals surface area contributed by atoms with Crippen LogP contribution in [0, 0.1) is 0 Å². The normalized spacial score (nSPS) is 14.8. The summed E-state index contributed by atoms with van der Waals surface area (Å²) in [4.78, 5) is 17.7. The molecule has 4 aromatic rings. The van der Waals surface area contributed by atoms with Crippen molar-refractivity contribution in [3.05, 3.63) is 40.9 Å². The number of hydrogen-bond acceptors (Lipinski definition) is 10. The number of aliphatic hydroxyl groups is 1. The van der Waals surface area contributed by atoms with Gasteiger partial charge in [0.05, 0.1) is 44.7 Å². The minimum Gasteiger partial charge on any atom is -0.493 e. The maximum atomic E-state index is 9.77. The van der Waals surface area contributed by atoms with Gasteiger partial charge in [0.15, 0.2) is 11.5 Å². The zero-order chi connectivity index (χ0) is 25.2. The van der Waals surface area contributed by atoms with Crippen molar-refractivity contribution in [3.63, 3.8) is 0 Å². The average Bonchev–Trinajstić information content (AvgIpc) is 3.51. The molecule has 1 fully saturated rings. The van der Waals surface area contributed by atoms with Crippen molar-refractivity contribution >= 4 is 44.8 Å². The van der Waals surface area contributed by atoms with E-state index in [0.29, 0.717) is 28.9 Å². The largest absolute Gasteiger partial charge is 0.493 e. The lowest BCUT2D eigenvalue weighted by Gasteiger charge is -2.28. The number of anilines is 2. The van der Waals surface area contributed by atoms with E-state index < -0.39 is 0 Å². The molecule has 0 amide bonds. The van der Waals surface area contributed by atoms with Crippen LogP contribution >= 0.6 is 22.9 Å². The summed E-state index contributed by atoms with van der Waals surface area (Å²) in [6.07, 6.45) is 4.95. The summed E-state index contributed by atoms with van der Waals surface area (Å²) in [7, 11) is 4.73. The molecule has 1 aromatic carbocycles. The Morgan fingerprint density at radius 1 is 1.08 bits per heavy atom. The summed E-state index contributed by atoms with van der Waals surface area (Å²) in [5.74, 6) is 2.81. The van der Waals surface area contributed by atoms with Gasteiger partial charge in [-0.2, -0.15) is 4.98 Å². The Labute approximate surface area is 217 Å². The second-order valence-electron chi connectivity index (χ2n) is 8.45. The number of fused-ring (bicyclic) bond motifs is 1. The van der Waals surface area contributed by atoms with Gasteiger partial charge in [-0.15, -0.1) is 11.3 Å². The molecule has 3 aromatic heterocycles. The summed E-state index contributed by atoms with van der Waals surface area (Å²) < 4.78 is 18.2. The molecule has 1 saturated heterocycles. The maximum absolute atomic E-state index is 9.77. The first kappa shape index (κ1) is 24.6. The van der Waals surface area contributed by atoms with E-state index in [0.717, 1.165) is 48.4 Å². The smallest absolute Gasteiger partial charge is 0.225 e. The number of aliphatic hydroxyl groups excluding tert-OH is 1. The molecule has 0 aliphatic carbocycles. The van der Waals surface area contributed by atoms with Crippen LogP contribution < -0.4 is 19.5 Å². The van der Waals surface area contributed by atoms with E-state index in [-0.39, 0.29) is 11.4 Å². The average molecular weight is 531 g/mol. The highest BCUT2D eigenvalue weighted by molar-refractivity contribution is 7.18. The van der Waals surface area contributed by atoms with Crippen molar-refractivity contribution in [3.8, 4) is 22.9 Å². The SMILES string of the molecule is COc1cc(-n2cnc(Nc3nc(Cl)nc4sc(CN5CCC(O)CC5)cc34)c2)cc(OC)c1OC. The van der Waals surface area contributed by atoms with Crippen LogP contribution in [-0.2, 0) is 6.54 Å². The van der Waals surface area contributed by atoms with Crippen molar-refractivity contribution in [1.29, 1.82) is 0 Å². The van der Waals surface area contributed by atoms with Gasteiger partial charge in [-0.1, -0.05) is 0 Å². The standard InChI is InChI=1S/C24H27ClN6O4S/c1-33-18-8-14(9-19(34-2)21(18)35-3)31-12-20(26-13-31)27-22-17-10-16(36-23(17)29-24(25)28-22)11-30-6-4-15(32)5-7-30/h8-10,12-13,15,32H,4-7,11H2,1-3H3,(H,27,28,29). The molecule has 190 valence electrons. The Hall–Kier alpha value is -3.12. The molecule has 10 nitrogen and oxygen atoms in total. The van der Waals surface area contributed by atoms with Gasteiger partial charge in [0.2, 0.25) is 11.0 Å². The molecule has 0 bridgehead atoms. The fourth-order valence-corrected chi connectivity index (χ4v) is 5.57. The van der Waals surface area contributed by atoms with Crippen LogP contribution in [0.25, 0.3) is 15.9 Å². The quantitative estimate of drug-likeness (QED) is 0.323. The van der Waals surface area contributed by atoms with Crippen LogP contribution in [0.4, 0.5) is 11.6 Å². The van der Waals surface area contributed by atoms with Gasteiger partial charge in [-0.05, 0) is 30.5 Å². The van der Waals surface area contributed by atoms with Crippen molar-refractivity contribution in [2.24, 2.45) is 0 Å². The molecule has 1 aliphatic rings. The number of ether oxygens (including phenoxy) is 3. The van der Waals surface area contributed by atoms with E-state index in [2.05, 4.69) is 31.2 Å².